The van der Waals surface area contributed by atoms with Crippen molar-refractivity contribution in [2.24, 2.45) is 0 Å². The minimum Gasteiger partial charge on any atom is -2.00 e. The molecule has 0 rings (SSSR count). The van der Waals surface area contributed by atoms with Crippen LogP contribution in [0, 0.1) is 0 Å². The van der Waals surface area contributed by atoms with Crippen molar-refractivity contribution in [3.05, 3.63) is 0 Å². The third kappa shape index (κ3) is 126. The molecule has 0 fully saturated rings. The van der Waals surface area contributed by atoms with Crippen LogP contribution >= 0.6 is 0 Å². The van der Waals surface area contributed by atoms with Crippen LogP contribution in [0.15, 0.2) is 0 Å². The molecule has 0 spiro atoms. The Balaban J connectivity index is 0. The van der Waals surface area contributed by atoms with E-state index in [9.17, 15) is 0 Å². The minimum absolute atomic E-state index is 0. The van der Waals surface area contributed by atoms with Crippen molar-refractivity contribution >= 4 is 0 Å². The standard InChI is InChI=1S/2FH.3Ni.2O/h2*1H;;;;;/q;;3*+2;2*-2/p-2. The molecule has 0 atom stereocenters. The van der Waals surface area contributed by atoms with Crippen LogP contribution in [0.5, 0.6) is 0 Å². The van der Waals surface area contributed by atoms with E-state index < -0.39 is 0 Å². The molecular formula is F2Ni3O2. The third-order valence-electron chi connectivity index (χ3n) is 0. The second-order valence-corrected chi connectivity index (χ2v) is 0. The van der Waals surface area contributed by atoms with Gasteiger partial charge in [-0.15, -0.1) is 0 Å². The number of hydrogen-bond acceptors (Lipinski definition) is 0. The van der Waals surface area contributed by atoms with Crippen LogP contribution in [0.1, 0.15) is 0 Å². The van der Waals surface area contributed by atoms with Crippen LogP contribution in [-0.2, 0) is 60.4 Å². The SMILES string of the molecule is [F-].[F-].[Ni+2].[Ni+2].[Ni+2].[O-2].[O-2]. The van der Waals surface area contributed by atoms with Crippen LogP contribution < -0.4 is 9.41 Å². The van der Waals surface area contributed by atoms with Crippen molar-refractivity contribution in [2.45, 2.75) is 0 Å². The molecule has 0 aliphatic carbocycles. The van der Waals surface area contributed by atoms with Gasteiger partial charge in [-0.2, -0.15) is 0 Å². The summed E-state index contributed by atoms with van der Waals surface area (Å²) in [6, 6.07) is 0. The molecule has 7 heteroatoms. The van der Waals surface area contributed by atoms with Gasteiger partial charge in [0.25, 0.3) is 0 Å². The Morgan fingerprint density at radius 3 is 0.429 bits per heavy atom. The van der Waals surface area contributed by atoms with Gasteiger partial charge in [0, 0.05) is 0 Å². The first kappa shape index (κ1) is 274. The predicted molar refractivity (Wildman–Crippen MR) is 1.37 cm³/mol. The van der Waals surface area contributed by atoms with Crippen LogP contribution in [0.4, 0.5) is 0 Å². The first-order valence-electron chi connectivity index (χ1n) is 0. The van der Waals surface area contributed by atoms with E-state index in [-0.39, 0.29) is 69.8 Å². The van der Waals surface area contributed by atoms with Gasteiger partial charge in [0.05, 0.1) is 0 Å². The molecule has 0 aromatic heterocycles. The molecule has 0 radical (unpaired) electrons. The summed E-state index contributed by atoms with van der Waals surface area (Å²) >= 11 is 0. The van der Waals surface area contributed by atoms with Gasteiger partial charge in [0.15, 0.2) is 0 Å². The Bertz CT molecular complexity index is 10.9. The summed E-state index contributed by atoms with van der Waals surface area (Å²) in [7, 11) is 0. The van der Waals surface area contributed by atoms with E-state index in [0.29, 0.717) is 0 Å². The molecular weight excluding hydrogens is 246 g/mol. The normalized spacial score (nSPS) is 0. The van der Waals surface area contributed by atoms with Gasteiger partial charge in [-0.05, 0) is 0 Å². The van der Waals surface area contributed by atoms with E-state index in [4.69, 9.17) is 0 Å². The Morgan fingerprint density at radius 1 is 0.429 bits per heavy atom. The molecule has 0 bridgehead atoms. The summed E-state index contributed by atoms with van der Waals surface area (Å²) in [6.07, 6.45) is 0. The van der Waals surface area contributed by atoms with Gasteiger partial charge in [0.1, 0.15) is 0 Å². The molecule has 0 aromatic rings. The molecule has 0 amide bonds. The maximum absolute atomic E-state index is 0. The Morgan fingerprint density at radius 2 is 0.429 bits per heavy atom. The Hall–Kier alpha value is 1.26. The Labute approximate surface area is 69.9 Å². The molecule has 0 saturated heterocycles. The zero-order chi connectivity index (χ0) is 0. The fourth-order valence-corrected chi connectivity index (χ4v) is 0. The zero-order valence-electron chi connectivity index (χ0n) is 2.52. The van der Waals surface area contributed by atoms with Crippen LogP contribution in [0.2, 0.25) is 0 Å². The van der Waals surface area contributed by atoms with E-state index in [1.807, 2.05) is 0 Å². The van der Waals surface area contributed by atoms with E-state index in [2.05, 4.69) is 0 Å². The summed E-state index contributed by atoms with van der Waals surface area (Å²) in [5, 5.41) is 0. The summed E-state index contributed by atoms with van der Waals surface area (Å²) in [5.74, 6) is 0. The quantitative estimate of drug-likeness (QED) is 0.382. The van der Waals surface area contributed by atoms with Gasteiger partial charge < -0.3 is 20.4 Å². The maximum atomic E-state index is 0. The molecule has 0 heterocycles. The summed E-state index contributed by atoms with van der Waals surface area (Å²) in [4.78, 5) is 0. The van der Waals surface area contributed by atoms with Crippen molar-refractivity contribution in [1.82, 2.24) is 0 Å². The number of rotatable bonds is 0. The first-order chi connectivity index (χ1) is 0. The molecule has 0 saturated carbocycles. The van der Waals surface area contributed by atoms with Crippen molar-refractivity contribution < 1.29 is 69.8 Å². The molecule has 0 unspecified atom stereocenters. The van der Waals surface area contributed by atoms with Crippen molar-refractivity contribution in [3.8, 4) is 0 Å². The second kappa shape index (κ2) is 179. The third-order valence-corrected chi connectivity index (χ3v) is 0. The largest absolute Gasteiger partial charge is 2.00 e. The van der Waals surface area contributed by atoms with Gasteiger partial charge in [0.2, 0.25) is 0 Å². The fraction of sp³-hybridized carbons (Fsp3) is 0. The molecule has 56 valence electrons. The first-order valence-corrected chi connectivity index (χ1v) is 0. The van der Waals surface area contributed by atoms with E-state index in [1.165, 1.54) is 0 Å². The average Bonchev–Trinajstić information content (AvgIpc) is 0. The molecule has 7 heavy (non-hydrogen) atoms. The van der Waals surface area contributed by atoms with Gasteiger partial charge in [-0.3, -0.25) is 0 Å². The van der Waals surface area contributed by atoms with Gasteiger partial charge >= 0.3 is 49.5 Å². The monoisotopic (exact) mass is 244 g/mol. The molecule has 0 aliphatic rings. The number of halogens is 2. The van der Waals surface area contributed by atoms with Crippen molar-refractivity contribution in [1.29, 1.82) is 0 Å². The average molecular weight is 246 g/mol. The fourth-order valence-electron chi connectivity index (χ4n) is 0. The Kier molecular flexibility index (Phi) is 7010. The van der Waals surface area contributed by atoms with E-state index in [1.54, 1.807) is 0 Å². The zero-order valence-corrected chi connectivity index (χ0v) is 5.48. The smallest absolute Gasteiger partial charge is 2.00 e. The summed E-state index contributed by atoms with van der Waals surface area (Å²) in [6.45, 7) is 0. The molecule has 0 aromatic carbocycles. The van der Waals surface area contributed by atoms with E-state index in [0.717, 1.165) is 0 Å². The topological polar surface area (TPSA) is 57.0 Å². The van der Waals surface area contributed by atoms with Crippen LogP contribution in [-0.4, -0.2) is 0 Å². The summed E-state index contributed by atoms with van der Waals surface area (Å²) < 4.78 is 0. The van der Waals surface area contributed by atoms with Gasteiger partial charge in [-0.1, -0.05) is 0 Å². The predicted octanol–water partition coefficient (Wildman–Crippen LogP) is -6.24. The molecule has 2 nitrogen and oxygen atoms in total. The van der Waals surface area contributed by atoms with Crippen molar-refractivity contribution in [3.63, 3.8) is 0 Å². The second-order valence-electron chi connectivity index (χ2n) is 0. The maximum Gasteiger partial charge on any atom is 2.00 e. The molecule has 0 N–H and O–H groups in total. The summed E-state index contributed by atoms with van der Waals surface area (Å²) in [5.41, 5.74) is 0. The molecule has 0 aliphatic heterocycles. The van der Waals surface area contributed by atoms with Crippen LogP contribution in [0.3, 0.4) is 0 Å². The van der Waals surface area contributed by atoms with Crippen molar-refractivity contribution in [2.75, 3.05) is 0 Å². The minimum atomic E-state index is 0. The van der Waals surface area contributed by atoms with Crippen LogP contribution in [0.25, 0.3) is 0 Å². The van der Waals surface area contributed by atoms with E-state index >= 15 is 0 Å². The van der Waals surface area contributed by atoms with Gasteiger partial charge in [-0.25, -0.2) is 0 Å². The number of hydrogen-bond donors (Lipinski definition) is 0.